The van der Waals surface area contributed by atoms with Crippen molar-refractivity contribution >= 4 is 23.7 Å². The first kappa shape index (κ1) is 12.3. The highest BCUT2D eigenvalue weighted by molar-refractivity contribution is 6.30. The van der Waals surface area contributed by atoms with Crippen molar-refractivity contribution in [2.24, 2.45) is 5.10 Å². The van der Waals surface area contributed by atoms with Gasteiger partial charge in [-0.15, -0.1) is 0 Å². The van der Waals surface area contributed by atoms with Crippen LogP contribution in [0.1, 0.15) is 5.56 Å². The topological polar surface area (TPSA) is 72.2 Å². The molecule has 0 saturated carbocycles. The van der Waals surface area contributed by atoms with Crippen molar-refractivity contribution < 1.29 is 4.79 Å². The van der Waals surface area contributed by atoms with Gasteiger partial charge in [0.25, 0.3) is 5.91 Å². The predicted octanol–water partition coefficient (Wildman–Crippen LogP) is 1.08. The second kappa shape index (κ2) is 5.92. The second-order valence-electron chi connectivity index (χ2n) is 3.44. The first-order valence-electron chi connectivity index (χ1n) is 5.14. The van der Waals surface area contributed by atoms with Gasteiger partial charge in [-0.05, 0) is 17.7 Å². The molecule has 2 aromatic rings. The standard InChI is InChI=1S/C11H10ClN5O/c12-10-3-1-9(2-4-10)5-14-16-11(18)6-17-8-13-7-15-17/h1-5,7-8H,6H2,(H,16,18)/b14-5-. The van der Waals surface area contributed by atoms with Crippen LogP contribution in [0, 0.1) is 0 Å². The molecular weight excluding hydrogens is 254 g/mol. The van der Waals surface area contributed by atoms with Crippen LogP contribution in [0.2, 0.25) is 5.02 Å². The molecule has 0 spiro atoms. The summed E-state index contributed by atoms with van der Waals surface area (Å²) in [5.74, 6) is -0.272. The largest absolute Gasteiger partial charge is 0.271 e. The first-order chi connectivity index (χ1) is 8.74. The molecule has 0 unspecified atom stereocenters. The van der Waals surface area contributed by atoms with Crippen LogP contribution in [0.4, 0.5) is 0 Å². The number of halogens is 1. The summed E-state index contributed by atoms with van der Waals surface area (Å²) in [5.41, 5.74) is 3.24. The van der Waals surface area contributed by atoms with Gasteiger partial charge in [0.05, 0.1) is 6.21 Å². The third kappa shape index (κ3) is 3.67. The SMILES string of the molecule is O=C(Cn1cncn1)N/N=C\c1ccc(Cl)cc1. The van der Waals surface area contributed by atoms with Crippen molar-refractivity contribution in [3.8, 4) is 0 Å². The van der Waals surface area contributed by atoms with Crippen LogP contribution in [0.3, 0.4) is 0 Å². The van der Waals surface area contributed by atoms with E-state index in [0.717, 1.165) is 5.56 Å². The Labute approximate surface area is 108 Å². The maximum absolute atomic E-state index is 11.4. The molecule has 0 fully saturated rings. The number of nitrogens with one attached hydrogen (secondary N) is 1. The molecule has 2 rings (SSSR count). The molecule has 0 atom stereocenters. The smallest absolute Gasteiger partial charge is 0.261 e. The van der Waals surface area contributed by atoms with E-state index in [1.54, 1.807) is 24.3 Å². The molecule has 18 heavy (non-hydrogen) atoms. The van der Waals surface area contributed by atoms with Gasteiger partial charge >= 0.3 is 0 Å². The van der Waals surface area contributed by atoms with Gasteiger partial charge in [-0.25, -0.2) is 15.1 Å². The summed E-state index contributed by atoms with van der Waals surface area (Å²) in [6.07, 6.45) is 4.36. The molecule has 1 aromatic heterocycles. The number of carbonyl (C=O) groups is 1. The van der Waals surface area contributed by atoms with Crippen LogP contribution in [0.15, 0.2) is 42.0 Å². The fourth-order valence-corrected chi connectivity index (χ4v) is 1.35. The first-order valence-corrected chi connectivity index (χ1v) is 5.52. The molecule has 6 nitrogen and oxygen atoms in total. The normalized spacial score (nSPS) is 10.7. The molecular formula is C11H10ClN5O. The van der Waals surface area contributed by atoms with Gasteiger partial charge in [0.15, 0.2) is 0 Å². The summed E-state index contributed by atoms with van der Waals surface area (Å²) >= 11 is 5.75. The van der Waals surface area contributed by atoms with Gasteiger partial charge in [-0.1, -0.05) is 23.7 Å². The molecule has 7 heteroatoms. The Bertz CT molecular complexity index is 535. The molecule has 92 valence electrons. The van der Waals surface area contributed by atoms with E-state index in [1.165, 1.54) is 23.6 Å². The van der Waals surface area contributed by atoms with Crippen LogP contribution in [0.5, 0.6) is 0 Å². The van der Waals surface area contributed by atoms with Crippen molar-refractivity contribution in [2.75, 3.05) is 0 Å². The number of amides is 1. The van der Waals surface area contributed by atoms with Gasteiger partial charge in [-0.2, -0.15) is 10.2 Å². The predicted molar refractivity (Wildman–Crippen MR) is 67.2 cm³/mol. The minimum Gasteiger partial charge on any atom is -0.271 e. The lowest BCUT2D eigenvalue weighted by Gasteiger charge is -1.99. The Morgan fingerprint density at radius 2 is 2.22 bits per heavy atom. The highest BCUT2D eigenvalue weighted by Gasteiger charge is 2.00. The quantitative estimate of drug-likeness (QED) is 0.663. The van der Waals surface area contributed by atoms with Crippen molar-refractivity contribution in [1.82, 2.24) is 20.2 Å². The van der Waals surface area contributed by atoms with Crippen molar-refractivity contribution in [3.05, 3.63) is 47.5 Å². The summed E-state index contributed by atoms with van der Waals surface area (Å²) in [7, 11) is 0. The molecule has 0 saturated heterocycles. The number of hydrogen-bond acceptors (Lipinski definition) is 4. The van der Waals surface area contributed by atoms with Crippen LogP contribution >= 0.6 is 11.6 Å². The number of benzene rings is 1. The zero-order valence-corrected chi connectivity index (χ0v) is 10.1. The average molecular weight is 264 g/mol. The van der Waals surface area contributed by atoms with Gasteiger partial charge in [0.1, 0.15) is 19.2 Å². The molecule has 0 aliphatic heterocycles. The molecule has 0 radical (unpaired) electrons. The number of nitrogens with zero attached hydrogens (tertiary/aromatic N) is 4. The summed E-state index contributed by atoms with van der Waals surface area (Å²) in [6, 6.07) is 7.10. The Hall–Kier alpha value is -2.21. The van der Waals surface area contributed by atoms with E-state index in [1.807, 2.05) is 0 Å². The molecule has 1 N–H and O–H groups in total. The molecule has 1 aromatic carbocycles. The van der Waals surface area contributed by atoms with E-state index < -0.39 is 0 Å². The fraction of sp³-hybridized carbons (Fsp3) is 0.0909. The van der Waals surface area contributed by atoms with E-state index in [2.05, 4.69) is 20.6 Å². The van der Waals surface area contributed by atoms with E-state index in [-0.39, 0.29) is 12.5 Å². The number of hydrazone groups is 1. The van der Waals surface area contributed by atoms with Crippen LogP contribution in [0.25, 0.3) is 0 Å². The van der Waals surface area contributed by atoms with Crippen LogP contribution < -0.4 is 5.43 Å². The number of carbonyl (C=O) groups excluding carboxylic acids is 1. The fourth-order valence-electron chi connectivity index (χ4n) is 1.22. The molecule has 1 heterocycles. The van der Waals surface area contributed by atoms with Crippen molar-refractivity contribution in [1.29, 1.82) is 0 Å². The van der Waals surface area contributed by atoms with Gasteiger partial charge in [-0.3, -0.25) is 4.79 Å². The second-order valence-corrected chi connectivity index (χ2v) is 3.87. The highest BCUT2D eigenvalue weighted by Crippen LogP contribution is 2.07. The lowest BCUT2D eigenvalue weighted by atomic mass is 10.2. The van der Waals surface area contributed by atoms with Crippen LogP contribution in [-0.2, 0) is 11.3 Å². The van der Waals surface area contributed by atoms with E-state index in [0.29, 0.717) is 5.02 Å². The average Bonchev–Trinajstić information content (AvgIpc) is 2.84. The number of aromatic nitrogens is 3. The molecule has 1 amide bonds. The van der Waals surface area contributed by atoms with E-state index in [9.17, 15) is 4.79 Å². The van der Waals surface area contributed by atoms with Gasteiger partial charge < -0.3 is 0 Å². The Morgan fingerprint density at radius 3 is 2.89 bits per heavy atom. The van der Waals surface area contributed by atoms with Crippen molar-refractivity contribution in [2.45, 2.75) is 6.54 Å². The van der Waals surface area contributed by atoms with Gasteiger partial charge in [0, 0.05) is 5.02 Å². The minimum atomic E-state index is -0.272. The highest BCUT2D eigenvalue weighted by atomic mass is 35.5. The Kier molecular flexibility index (Phi) is 4.03. The third-order valence-corrected chi connectivity index (χ3v) is 2.30. The maximum atomic E-state index is 11.4. The zero-order valence-electron chi connectivity index (χ0n) is 9.32. The summed E-state index contributed by atoms with van der Waals surface area (Å²) in [5, 5.41) is 8.29. The van der Waals surface area contributed by atoms with Crippen molar-refractivity contribution in [3.63, 3.8) is 0 Å². The lowest BCUT2D eigenvalue weighted by molar-refractivity contribution is -0.121. The molecule has 0 bridgehead atoms. The summed E-state index contributed by atoms with van der Waals surface area (Å²) < 4.78 is 1.41. The van der Waals surface area contributed by atoms with E-state index >= 15 is 0 Å². The summed E-state index contributed by atoms with van der Waals surface area (Å²) in [6.45, 7) is 0.0813. The Morgan fingerprint density at radius 1 is 1.44 bits per heavy atom. The maximum Gasteiger partial charge on any atom is 0.261 e. The summed E-state index contributed by atoms with van der Waals surface area (Å²) in [4.78, 5) is 15.2. The minimum absolute atomic E-state index is 0.0813. The third-order valence-electron chi connectivity index (χ3n) is 2.05. The van der Waals surface area contributed by atoms with Crippen LogP contribution in [-0.4, -0.2) is 26.9 Å². The Balaban J connectivity index is 1.84. The number of hydrogen-bond donors (Lipinski definition) is 1. The lowest BCUT2D eigenvalue weighted by Crippen LogP contribution is -2.23. The monoisotopic (exact) mass is 263 g/mol. The van der Waals surface area contributed by atoms with Gasteiger partial charge in [0.2, 0.25) is 0 Å². The molecule has 0 aliphatic rings. The zero-order chi connectivity index (χ0) is 12.8. The molecule has 0 aliphatic carbocycles. The van der Waals surface area contributed by atoms with E-state index in [4.69, 9.17) is 11.6 Å². The number of rotatable bonds is 4.